The van der Waals surface area contributed by atoms with Gasteiger partial charge in [0.15, 0.2) is 0 Å². The van der Waals surface area contributed by atoms with E-state index >= 15 is 0 Å². The fourth-order valence-corrected chi connectivity index (χ4v) is 3.25. The summed E-state index contributed by atoms with van der Waals surface area (Å²) >= 11 is 0. The van der Waals surface area contributed by atoms with E-state index in [9.17, 15) is 22.4 Å². The molecule has 29 heavy (non-hydrogen) atoms. The molecule has 2 atom stereocenters. The zero-order valence-electron chi connectivity index (χ0n) is 15.4. The molecule has 0 saturated carbocycles. The van der Waals surface area contributed by atoms with Crippen molar-refractivity contribution in [3.8, 4) is 0 Å². The van der Waals surface area contributed by atoms with Crippen molar-refractivity contribution in [1.82, 2.24) is 0 Å². The Labute approximate surface area is 164 Å². The Kier molecular flexibility index (Phi) is 5.46. The Balaban J connectivity index is 2.06. The number of rotatable bonds is 5. The highest BCUT2D eigenvalue weighted by atomic mass is 19.4. The van der Waals surface area contributed by atoms with Crippen molar-refractivity contribution in [3.05, 3.63) is 83.7 Å². The van der Waals surface area contributed by atoms with Crippen LogP contribution in [-0.2, 0) is 20.4 Å². The molecule has 0 unspecified atom stereocenters. The summed E-state index contributed by atoms with van der Waals surface area (Å²) in [5.41, 5.74) is -2.06. The zero-order valence-corrected chi connectivity index (χ0v) is 15.4. The lowest BCUT2D eigenvalue weighted by Gasteiger charge is -2.29. The molecule has 1 aliphatic heterocycles. The van der Waals surface area contributed by atoms with Gasteiger partial charge in [-0.1, -0.05) is 24.3 Å². The molecule has 0 amide bonds. The largest absolute Gasteiger partial charge is 0.474 e. The molecule has 152 valence electrons. The lowest BCUT2D eigenvalue weighted by molar-refractivity contribution is -0.148. The molecule has 8 heteroatoms. The van der Waals surface area contributed by atoms with Crippen LogP contribution >= 0.6 is 0 Å². The van der Waals surface area contributed by atoms with Crippen molar-refractivity contribution in [3.63, 3.8) is 0 Å². The van der Waals surface area contributed by atoms with Gasteiger partial charge < -0.3 is 9.47 Å². The van der Waals surface area contributed by atoms with E-state index in [2.05, 4.69) is 11.6 Å². The van der Waals surface area contributed by atoms with Crippen LogP contribution in [0.4, 0.5) is 17.6 Å². The second-order valence-corrected chi connectivity index (χ2v) is 6.43. The van der Waals surface area contributed by atoms with E-state index in [1.54, 1.807) is 6.07 Å². The first-order valence-corrected chi connectivity index (χ1v) is 8.58. The van der Waals surface area contributed by atoms with Crippen LogP contribution in [0, 0.1) is 5.82 Å². The molecule has 0 radical (unpaired) electrons. The van der Waals surface area contributed by atoms with Crippen molar-refractivity contribution in [2.45, 2.75) is 17.6 Å². The number of carbonyl (C=O) groups excluding carboxylic acids is 1. The summed E-state index contributed by atoms with van der Waals surface area (Å²) in [6.45, 7) is 3.42. The first-order chi connectivity index (χ1) is 13.7. The van der Waals surface area contributed by atoms with Crippen LogP contribution in [0.25, 0.3) is 0 Å². The zero-order chi connectivity index (χ0) is 21.2. The van der Waals surface area contributed by atoms with Gasteiger partial charge in [-0.25, -0.2) is 14.2 Å². The number of esters is 1. The topological polar surface area (TPSA) is 47.9 Å². The number of alkyl halides is 3. The van der Waals surface area contributed by atoms with Crippen molar-refractivity contribution in [1.29, 1.82) is 0 Å². The molecule has 1 heterocycles. The highest BCUT2D eigenvalue weighted by Crippen LogP contribution is 2.39. The van der Waals surface area contributed by atoms with Crippen molar-refractivity contribution >= 4 is 11.9 Å². The van der Waals surface area contributed by atoms with E-state index in [1.807, 2.05) is 0 Å². The van der Waals surface area contributed by atoms with Gasteiger partial charge in [0.1, 0.15) is 12.4 Å². The molecule has 1 aliphatic rings. The van der Waals surface area contributed by atoms with Gasteiger partial charge in [0.2, 0.25) is 11.4 Å². The number of ether oxygens (including phenoxy) is 2. The maximum atomic E-state index is 14.4. The first kappa shape index (κ1) is 20.6. The van der Waals surface area contributed by atoms with Gasteiger partial charge in [0.05, 0.1) is 12.7 Å². The Morgan fingerprint density at radius 3 is 2.45 bits per heavy atom. The third-order valence-electron chi connectivity index (χ3n) is 4.72. The maximum absolute atomic E-state index is 14.4. The number of halogens is 4. The van der Waals surface area contributed by atoms with Crippen LogP contribution in [0.5, 0.6) is 0 Å². The minimum absolute atomic E-state index is 0.0349. The highest BCUT2D eigenvalue weighted by molar-refractivity contribution is 5.99. The van der Waals surface area contributed by atoms with Crippen LogP contribution < -0.4 is 0 Å². The second kappa shape index (κ2) is 7.69. The predicted molar refractivity (Wildman–Crippen MR) is 98.0 cm³/mol. The van der Waals surface area contributed by atoms with E-state index in [0.717, 1.165) is 19.2 Å². The monoisotopic (exact) mass is 407 g/mol. The van der Waals surface area contributed by atoms with Gasteiger partial charge in [-0.15, -0.1) is 6.58 Å². The normalized spacial score (nSPS) is 19.8. The van der Waals surface area contributed by atoms with E-state index in [-0.39, 0.29) is 23.6 Å². The Hall–Kier alpha value is -3.16. The standard InChI is InChI=1S/C21H17F4NO3/c1-3-16(15-6-4-5-7-17(15)22)20(19(27)28-2)12-29-18(26-20)13-8-10-14(11-9-13)21(23,24)25/h3-11,16H,1,12H2,2H3/t16-,20+/m0/s1. The predicted octanol–water partition coefficient (Wildman–Crippen LogP) is 4.50. The molecule has 0 aromatic heterocycles. The lowest BCUT2D eigenvalue weighted by atomic mass is 9.80. The summed E-state index contributed by atoms with van der Waals surface area (Å²) in [7, 11) is 1.16. The molecular weight excluding hydrogens is 390 g/mol. The number of nitrogens with zero attached hydrogens (tertiary/aromatic N) is 1. The Morgan fingerprint density at radius 2 is 1.90 bits per heavy atom. The number of aliphatic imine (C=N–C) groups is 1. The molecule has 2 aromatic carbocycles. The Bertz CT molecular complexity index is 953. The number of carbonyl (C=O) groups is 1. The van der Waals surface area contributed by atoms with Gasteiger partial charge in [-0.05, 0) is 35.9 Å². The SMILES string of the molecule is C=C[C@@H](c1ccccc1F)[C@@]1(C(=O)OC)COC(c2ccc(C(F)(F)F)cc2)=N1. The molecule has 4 nitrogen and oxygen atoms in total. The second-order valence-electron chi connectivity index (χ2n) is 6.43. The lowest BCUT2D eigenvalue weighted by Crippen LogP contribution is -2.45. The fourth-order valence-electron chi connectivity index (χ4n) is 3.25. The molecule has 2 aromatic rings. The van der Waals surface area contributed by atoms with E-state index in [1.165, 1.54) is 36.4 Å². The quantitative estimate of drug-likeness (QED) is 0.417. The maximum Gasteiger partial charge on any atom is 0.416 e. The van der Waals surface area contributed by atoms with Crippen molar-refractivity contribution < 1.29 is 31.8 Å². The number of methoxy groups -OCH3 is 1. The van der Waals surface area contributed by atoms with Crippen LogP contribution in [0.1, 0.15) is 22.6 Å². The summed E-state index contributed by atoms with van der Waals surface area (Å²) in [6.07, 6.45) is -3.11. The molecule has 0 spiro atoms. The average molecular weight is 407 g/mol. The molecule has 0 saturated heterocycles. The number of benzene rings is 2. The number of hydrogen-bond donors (Lipinski definition) is 0. The molecule has 3 rings (SSSR count). The molecule has 0 bridgehead atoms. The average Bonchev–Trinajstić information content (AvgIpc) is 3.15. The fraction of sp³-hybridized carbons (Fsp3) is 0.238. The third kappa shape index (κ3) is 3.74. The first-order valence-electron chi connectivity index (χ1n) is 8.58. The van der Waals surface area contributed by atoms with E-state index in [4.69, 9.17) is 9.47 Å². The van der Waals surface area contributed by atoms with Crippen LogP contribution in [0.3, 0.4) is 0 Å². The van der Waals surface area contributed by atoms with Gasteiger partial charge in [-0.3, -0.25) is 0 Å². The molecular formula is C21H17F4NO3. The smallest absolute Gasteiger partial charge is 0.416 e. The molecule has 0 fully saturated rings. The van der Waals surface area contributed by atoms with Crippen LogP contribution in [-0.4, -0.2) is 31.1 Å². The van der Waals surface area contributed by atoms with Crippen molar-refractivity contribution in [2.24, 2.45) is 4.99 Å². The summed E-state index contributed by atoms with van der Waals surface area (Å²) in [6, 6.07) is 10.0. The third-order valence-corrected chi connectivity index (χ3v) is 4.72. The van der Waals surface area contributed by atoms with E-state index < -0.39 is 35.0 Å². The van der Waals surface area contributed by atoms with Gasteiger partial charge >= 0.3 is 12.1 Å². The van der Waals surface area contributed by atoms with Crippen LogP contribution in [0.15, 0.2) is 66.2 Å². The van der Waals surface area contributed by atoms with E-state index in [0.29, 0.717) is 0 Å². The number of hydrogen-bond acceptors (Lipinski definition) is 4. The highest BCUT2D eigenvalue weighted by Gasteiger charge is 2.52. The Morgan fingerprint density at radius 1 is 1.24 bits per heavy atom. The minimum atomic E-state index is -4.48. The van der Waals surface area contributed by atoms with Gasteiger partial charge in [0, 0.05) is 11.5 Å². The minimum Gasteiger partial charge on any atom is -0.474 e. The molecule has 0 N–H and O–H groups in total. The summed E-state index contributed by atoms with van der Waals surface area (Å²) in [5, 5.41) is 0. The van der Waals surface area contributed by atoms with Crippen molar-refractivity contribution in [2.75, 3.05) is 13.7 Å². The summed E-state index contributed by atoms with van der Waals surface area (Å²) in [4.78, 5) is 17.0. The van der Waals surface area contributed by atoms with Gasteiger partial charge in [-0.2, -0.15) is 13.2 Å². The summed E-state index contributed by atoms with van der Waals surface area (Å²) < 4.78 is 63.2. The molecule has 0 aliphatic carbocycles. The van der Waals surface area contributed by atoms with Crippen LogP contribution in [0.2, 0.25) is 0 Å². The van der Waals surface area contributed by atoms with Gasteiger partial charge in [0.25, 0.3) is 0 Å². The summed E-state index contributed by atoms with van der Waals surface area (Å²) in [5.74, 6) is -2.28.